The van der Waals surface area contributed by atoms with Crippen molar-refractivity contribution < 1.29 is 14.8 Å². The van der Waals surface area contributed by atoms with E-state index < -0.39 is 16.9 Å². The Bertz CT molecular complexity index is 522. The molecule has 1 unspecified atom stereocenters. The van der Waals surface area contributed by atoms with Crippen LogP contribution in [0.25, 0.3) is 0 Å². The summed E-state index contributed by atoms with van der Waals surface area (Å²) < 4.78 is 0. The fourth-order valence-electron chi connectivity index (χ4n) is 1.35. The van der Waals surface area contributed by atoms with Gasteiger partial charge in [-0.3, -0.25) is 14.9 Å². The zero-order valence-electron chi connectivity index (χ0n) is 10.3. The molecule has 0 aliphatic carbocycles. The van der Waals surface area contributed by atoms with E-state index in [9.17, 15) is 14.9 Å². The highest BCUT2D eigenvalue weighted by Gasteiger charge is 2.24. The second-order valence-electron chi connectivity index (χ2n) is 3.99. The fraction of sp³-hybridized carbons (Fsp3) is 0.364. The number of hydrogen-bond donors (Lipinski definition) is 1. The predicted octanol–water partition coefficient (Wildman–Crippen LogP) is 2.35. The lowest BCUT2D eigenvalue weighted by Crippen LogP contribution is -2.37. The Labute approximate surface area is 119 Å². The SMILES string of the molecule is CC(CO)N(C)C(=O)c1cc([N+](=O)[O-])cc(Cl)c1Cl. The van der Waals surface area contributed by atoms with Gasteiger partial charge in [-0.1, -0.05) is 23.2 Å². The Kier molecular flexibility index (Phi) is 5.11. The van der Waals surface area contributed by atoms with Crippen molar-refractivity contribution >= 4 is 34.8 Å². The summed E-state index contributed by atoms with van der Waals surface area (Å²) in [6, 6.07) is 1.70. The topological polar surface area (TPSA) is 83.7 Å². The molecule has 104 valence electrons. The number of carbonyl (C=O) groups excluding carboxylic acids is 1. The Balaban J connectivity index is 3.26. The van der Waals surface area contributed by atoms with Gasteiger partial charge in [0.1, 0.15) is 0 Å². The maximum Gasteiger partial charge on any atom is 0.271 e. The van der Waals surface area contributed by atoms with Crippen molar-refractivity contribution in [2.45, 2.75) is 13.0 Å². The molecule has 19 heavy (non-hydrogen) atoms. The number of nitro benzene ring substituents is 1. The molecule has 1 atom stereocenters. The molecule has 0 bridgehead atoms. The number of aliphatic hydroxyl groups is 1. The Morgan fingerprint density at radius 3 is 2.58 bits per heavy atom. The first kappa shape index (κ1) is 15.7. The average molecular weight is 307 g/mol. The van der Waals surface area contributed by atoms with E-state index in [0.717, 1.165) is 12.1 Å². The van der Waals surface area contributed by atoms with Crippen molar-refractivity contribution in [2.75, 3.05) is 13.7 Å². The highest BCUT2D eigenvalue weighted by Crippen LogP contribution is 2.31. The van der Waals surface area contributed by atoms with E-state index in [4.69, 9.17) is 28.3 Å². The number of halogens is 2. The van der Waals surface area contributed by atoms with Gasteiger partial charge in [0.2, 0.25) is 0 Å². The normalized spacial score (nSPS) is 12.1. The van der Waals surface area contributed by atoms with Crippen LogP contribution in [0.5, 0.6) is 0 Å². The third kappa shape index (κ3) is 3.34. The Hall–Kier alpha value is -1.37. The van der Waals surface area contributed by atoms with Crippen molar-refractivity contribution in [1.82, 2.24) is 4.90 Å². The smallest absolute Gasteiger partial charge is 0.271 e. The number of likely N-dealkylation sites (N-methyl/N-ethyl adjacent to an activating group) is 1. The molecule has 0 fully saturated rings. The number of hydrogen-bond acceptors (Lipinski definition) is 4. The van der Waals surface area contributed by atoms with Crippen LogP contribution in [0.3, 0.4) is 0 Å². The van der Waals surface area contributed by atoms with Crippen molar-refractivity contribution in [3.63, 3.8) is 0 Å². The lowest BCUT2D eigenvalue weighted by atomic mass is 10.1. The first-order chi connectivity index (χ1) is 8.79. The molecule has 0 saturated carbocycles. The van der Waals surface area contributed by atoms with Crippen LogP contribution in [0.4, 0.5) is 5.69 Å². The minimum atomic E-state index is -0.658. The summed E-state index contributed by atoms with van der Waals surface area (Å²) in [6.45, 7) is 1.40. The molecule has 0 aliphatic heterocycles. The van der Waals surface area contributed by atoms with Crippen LogP contribution in [-0.4, -0.2) is 40.5 Å². The van der Waals surface area contributed by atoms with Gasteiger partial charge in [0.15, 0.2) is 0 Å². The van der Waals surface area contributed by atoms with Gasteiger partial charge in [0.05, 0.1) is 33.2 Å². The molecule has 0 aliphatic rings. The number of benzene rings is 1. The molecule has 0 spiro atoms. The van der Waals surface area contributed by atoms with Crippen molar-refractivity contribution in [3.8, 4) is 0 Å². The quantitative estimate of drug-likeness (QED) is 0.683. The highest BCUT2D eigenvalue weighted by atomic mass is 35.5. The van der Waals surface area contributed by atoms with E-state index in [2.05, 4.69) is 0 Å². The van der Waals surface area contributed by atoms with E-state index in [1.165, 1.54) is 11.9 Å². The second-order valence-corrected chi connectivity index (χ2v) is 4.78. The van der Waals surface area contributed by atoms with Crippen molar-refractivity contribution in [1.29, 1.82) is 0 Å². The van der Waals surface area contributed by atoms with E-state index in [-0.39, 0.29) is 27.9 Å². The third-order valence-corrected chi connectivity index (χ3v) is 3.50. The van der Waals surface area contributed by atoms with Gasteiger partial charge in [-0.05, 0) is 6.92 Å². The van der Waals surface area contributed by atoms with E-state index in [0.29, 0.717) is 0 Å². The molecule has 0 aromatic heterocycles. The van der Waals surface area contributed by atoms with E-state index in [1.807, 2.05) is 0 Å². The number of nitro groups is 1. The van der Waals surface area contributed by atoms with Crippen LogP contribution in [0.1, 0.15) is 17.3 Å². The first-order valence-electron chi connectivity index (χ1n) is 5.31. The van der Waals surface area contributed by atoms with E-state index in [1.54, 1.807) is 6.92 Å². The van der Waals surface area contributed by atoms with Crippen LogP contribution in [0, 0.1) is 10.1 Å². The molecule has 0 heterocycles. The second kappa shape index (κ2) is 6.18. The first-order valence-corrected chi connectivity index (χ1v) is 6.06. The van der Waals surface area contributed by atoms with E-state index >= 15 is 0 Å². The monoisotopic (exact) mass is 306 g/mol. The molecule has 1 N–H and O–H groups in total. The summed E-state index contributed by atoms with van der Waals surface area (Å²) in [5, 5.41) is 19.6. The van der Waals surface area contributed by atoms with Gasteiger partial charge in [-0.2, -0.15) is 0 Å². The summed E-state index contributed by atoms with van der Waals surface area (Å²) >= 11 is 11.7. The minimum Gasteiger partial charge on any atom is -0.394 e. The van der Waals surface area contributed by atoms with Crippen LogP contribution in [-0.2, 0) is 0 Å². The molecule has 0 radical (unpaired) electrons. The molecule has 1 amide bonds. The lowest BCUT2D eigenvalue weighted by Gasteiger charge is -2.23. The highest BCUT2D eigenvalue weighted by molar-refractivity contribution is 6.44. The molecule has 1 aromatic carbocycles. The maximum absolute atomic E-state index is 12.1. The number of amides is 1. The summed E-state index contributed by atoms with van der Waals surface area (Å²) in [7, 11) is 1.46. The summed E-state index contributed by atoms with van der Waals surface area (Å²) in [6.07, 6.45) is 0. The molecule has 8 heteroatoms. The predicted molar refractivity (Wildman–Crippen MR) is 71.8 cm³/mol. The average Bonchev–Trinajstić information content (AvgIpc) is 2.38. The standard InChI is InChI=1S/C11H12Cl2N2O4/c1-6(5-16)14(2)11(17)8-3-7(15(18)19)4-9(12)10(8)13/h3-4,6,16H,5H2,1-2H3. The van der Waals surface area contributed by atoms with Crippen LogP contribution < -0.4 is 0 Å². The summed E-state index contributed by atoms with van der Waals surface area (Å²) in [5.74, 6) is -0.544. The number of nitrogens with zero attached hydrogens (tertiary/aromatic N) is 2. The third-order valence-electron chi connectivity index (χ3n) is 2.70. The molecular weight excluding hydrogens is 295 g/mol. The van der Waals surface area contributed by atoms with Gasteiger partial charge in [-0.15, -0.1) is 0 Å². The van der Waals surface area contributed by atoms with Gasteiger partial charge >= 0.3 is 0 Å². The van der Waals surface area contributed by atoms with Gasteiger partial charge in [-0.25, -0.2) is 0 Å². The molecule has 6 nitrogen and oxygen atoms in total. The molecule has 1 aromatic rings. The Morgan fingerprint density at radius 1 is 1.53 bits per heavy atom. The number of non-ortho nitro benzene ring substituents is 1. The largest absolute Gasteiger partial charge is 0.394 e. The molecular formula is C11H12Cl2N2O4. The van der Waals surface area contributed by atoms with Crippen molar-refractivity contribution in [3.05, 3.63) is 37.9 Å². The zero-order chi connectivity index (χ0) is 14.7. The number of carbonyl (C=O) groups is 1. The maximum atomic E-state index is 12.1. The summed E-state index contributed by atoms with van der Waals surface area (Å²) in [5.41, 5.74) is -0.383. The number of aliphatic hydroxyl groups excluding tert-OH is 1. The van der Waals surface area contributed by atoms with Crippen LogP contribution in [0.2, 0.25) is 10.0 Å². The van der Waals surface area contributed by atoms with Gasteiger partial charge in [0, 0.05) is 19.2 Å². The molecule has 1 rings (SSSR count). The van der Waals surface area contributed by atoms with Crippen LogP contribution >= 0.6 is 23.2 Å². The fourth-order valence-corrected chi connectivity index (χ4v) is 1.75. The summed E-state index contributed by atoms with van der Waals surface area (Å²) in [4.78, 5) is 23.5. The lowest BCUT2D eigenvalue weighted by molar-refractivity contribution is -0.384. The van der Waals surface area contributed by atoms with Crippen LogP contribution in [0.15, 0.2) is 12.1 Å². The van der Waals surface area contributed by atoms with Crippen molar-refractivity contribution in [2.24, 2.45) is 0 Å². The number of rotatable bonds is 4. The van der Waals surface area contributed by atoms with Gasteiger partial charge in [0.25, 0.3) is 11.6 Å². The Morgan fingerprint density at radius 2 is 2.11 bits per heavy atom. The minimum absolute atomic E-state index is 0.0470. The molecule has 0 saturated heterocycles. The van der Waals surface area contributed by atoms with Gasteiger partial charge < -0.3 is 10.0 Å². The zero-order valence-corrected chi connectivity index (χ0v) is 11.8.